The van der Waals surface area contributed by atoms with Crippen molar-refractivity contribution in [2.45, 2.75) is 13.0 Å². The number of imidazole rings is 1. The van der Waals surface area contributed by atoms with Crippen molar-refractivity contribution in [2.75, 3.05) is 19.6 Å². The van der Waals surface area contributed by atoms with E-state index >= 15 is 0 Å². The summed E-state index contributed by atoms with van der Waals surface area (Å²) in [5.41, 5.74) is 0.450. The summed E-state index contributed by atoms with van der Waals surface area (Å²) >= 11 is 0. The van der Waals surface area contributed by atoms with Crippen LogP contribution in [0.1, 0.15) is 17.4 Å². The largest absolute Gasteiger partial charge is 0.392 e. The van der Waals surface area contributed by atoms with E-state index in [1.807, 2.05) is 0 Å². The molecule has 1 aromatic heterocycles. The van der Waals surface area contributed by atoms with Gasteiger partial charge in [-0.1, -0.05) is 0 Å². The van der Waals surface area contributed by atoms with E-state index in [1.165, 1.54) is 12.5 Å². The van der Waals surface area contributed by atoms with Crippen molar-refractivity contribution in [1.82, 2.24) is 20.6 Å². The average Bonchev–Trinajstić information content (AvgIpc) is 2.69. The summed E-state index contributed by atoms with van der Waals surface area (Å²) < 4.78 is 0. The van der Waals surface area contributed by atoms with Crippen molar-refractivity contribution >= 4 is 5.91 Å². The number of hydrogen-bond donors (Lipinski definition) is 4. The van der Waals surface area contributed by atoms with Crippen LogP contribution in [0.15, 0.2) is 12.5 Å². The molecule has 1 amide bonds. The number of aromatic nitrogens is 2. The summed E-state index contributed by atoms with van der Waals surface area (Å²) in [7, 11) is 0. The van der Waals surface area contributed by atoms with Gasteiger partial charge in [0.1, 0.15) is 5.69 Å². The van der Waals surface area contributed by atoms with Crippen LogP contribution >= 0.6 is 0 Å². The summed E-state index contributed by atoms with van der Waals surface area (Å²) in [6.45, 7) is 3.38. The molecular weight excluding hydrogens is 196 g/mol. The minimum absolute atomic E-state index is 0.175. The summed E-state index contributed by atoms with van der Waals surface area (Å²) in [4.78, 5) is 17.8. The van der Waals surface area contributed by atoms with Gasteiger partial charge in [-0.3, -0.25) is 4.79 Å². The van der Waals surface area contributed by atoms with Gasteiger partial charge in [-0.25, -0.2) is 4.98 Å². The summed E-state index contributed by atoms with van der Waals surface area (Å²) in [6.07, 6.45) is 2.56. The molecule has 0 aliphatic rings. The van der Waals surface area contributed by atoms with Crippen LogP contribution in [0, 0.1) is 0 Å². The lowest BCUT2D eigenvalue weighted by Crippen LogP contribution is -2.34. The van der Waals surface area contributed by atoms with Crippen molar-refractivity contribution < 1.29 is 9.90 Å². The molecule has 1 heterocycles. The number of carbonyl (C=O) groups excluding carboxylic acids is 1. The zero-order chi connectivity index (χ0) is 11.1. The molecule has 0 saturated heterocycles. The zero-order valence-electron chi connectivity index (χ0n) is 8.66. The first-order valence-corrected chi connectivity index (χ1v) is 4.85. The van der Waals surface area contributed by atoms with Gasteiger partial charge in [-0.05, 0) is 6.92 Å². The van der Waals surface area contributed by atoms with E-state index in [4.69, 9.17) is 5.11 Å². The Balaban J connectivity index is 2.08. The SMILES string of the molecule is CC(O)CNCCNC(=O)c1cnc[nH]1. The van der Waals surface area contributed by atoms with Crippen LogP contribution < -0.4 is 10.6 Å². The van der Waals surface area contributed by atoms with E-state index in [0.717, 1.165) is 0 Å². The second-order valence-electron chi connectivity index (χ2n) is 3.27. The van der Waals surface area contributed by atoms with Gasteiger partial charge in [0.2, 0.25) is 0 Å². The second-order valence-corrected chi connectivity index (χ2v) is 3.27. The first kappa shape index (κ1) is 11.7. The van der Waals surface area contributed by atoms with Crippen molar-refractivity contribution in [1.29, 1.82) is 0 Å². The molecule has 15 heavy (non-hydrogen) atoms. The molecule has 0 spiro atoms. The van der Waals surface area contributed by atoms with Gasteiger partial charge in [0, 0.05) is 19.6 Å². The Morgan fingerprint density at radius 1 is 1.67 bits per heavy atom. The van der Waals surface area contributed by atoms with Gasteiger partial charge in [-0.2, -0.15) is 0 Å². The third-order valence-corrected chi connectivity index (χ3v) is 1.77. The van der Waals surface area contributed by atoms with Gasteiger partial charge in [-0.15, -0.1) is 0 Å². The highest BCUT2D eigenvalue weighted by Gasteiger charge is 2.04. The van der Waals surface area contributed by atoms with Crippen molar-refractivity contribution in [2.24, 2.45) is 0 Å². The summed E-state index contributed by atoms with van der Waals surface area (Å²) in [5.74, 6) is -0.175. The third kappa shape index (κ3) is 4.57. The Kier molecular flexibility index (Phi) is 4.79. The van der Waals surface area contributed by atoms with Crippen LogP contribution in [0.5, 0.6) is 0 Å². The minimum Gasteiger partial charge on any atom is -0.392 e. The maximum Gasteiger partial charge on any atom is 0.269 e. The first-order chi connectivity index (χ1) is 7.20. The topological polar surface area (TPSA) is 90.0 Å². The molecule has 0 aliphatic carbocycles. The molecule has 6 nitrogen and oxygen atoms in total. The monoisotopic (exact) mass is 212 g/mol. The molecule has 0 radical (unpaired) electrons. The van der Waals surface area contributed by atoms with E-state index in [1.54, 1.807) is 6.92 Å². The van der Waals surface area contributed by atoms with Gasteiger partial charge < -0.3 is 20.7 Å². The third-order valence-electron chi connectivity index (χ3n) is 1.77. The normalized spacial score (nSPS) is 12.4. The second kappa shape index (κ2) is 6.15. The van der Waals surface area contributed by atoms with Crippen LogP contribution in [0.3, 0.4) is 0 Å². The molecule has 6 heteroatoms. The summed E-state index contributed by atoms with van der Waals surface area (Å²) in [6, 6.07) is 0. The molecule has 0 saturated carbocycles. The lowest BCUT2D eigenvalue weighted by molar-refractivity contribution is 0.0949. The quantitative estimate of drug-likeness (QED) is 0.460. The Hall–Kier alpha value is -1.40. The molecule has 4 N–H and O–H groups in total. The predicted octanol–water partition coefficient (Wildman–Crippen LogP) is -0.890. The molecule has 0 fully saturated rings. The average molecular weight is 212 g/mol. The smallest absolute Gasteiger partial charge is 0.269 e. The van der Waals surface area contributed by atoms with Crippen LogP contribution in [-0.4, -0.2) is 46.7 Å². The number of aliphatic hydroxyl groups excluding tert-OH is 1. The molecule has 84 valence electrons. The lowest BCUT2D eigenvalue weighted by Gasteiger charge is -2.07. The highest BCUT2D eigenvalue weighted by atomic mass is 16.3. The molecule has 1 rings (SSSR count). The Morgan fingerprint density at radius 3 is 3.07 bits per heavy atom. The Bertz CT molecular complexity index is 284. The Morgan fingerprint density at radius 2 is 2.47 bits per heavy atom. The molecule has 0 aliphatic heterocycles. The van der Waals surface area contributed by atoms with E-state index in [9.17, 15) is 4.79 Å². The number of rotatable bonds is 6. The van der Waals surface area contributed by atoms with E-state index in [2.05, 4.69) is 20.6 Å². The number of nitrogens with zero attached hydrogens (tertiary/aromatic N) is 1. The fourth-order valence-corrected chi connectivity index (χ4v) is 1.05. The van der Waals surface area contributed by atoms with E-state index < -0.39 is 0 Å². The van der Waals surface area contributed by atoms with Crippen LogP contribution in [0.25, 0.3) is 0 Å². The molecular formula is C9H16N4O2. The molecule has 0 bridgehead atoms. The number of carbonyl (C=O) groups is 1. The van der Waals surface area contributed by atoms with Gasteiger partial charge >= 0.3 is 0 Å². The van der Waals surface area contributed by atoms with Gasteiger partial charge in [0.05, 0.1) is 18.6 Å². The lowest BCUT2D eigenvalue weighted by atomic mass is 10.4. The maximum atomic E-state index is 11.3. The van der Waals surface area contributed by atoms with E-state index in [0.29, 0.717) is 25.3 Å². The number of aliphatic hydroxyl groups is 1. The fourth-order valence-electron chi connectivity index (χ4n) is 1.05. The van der Waals surface area contributed by atoms with Crippen LogP contribution in [0.4, 0.5) is 0 Å². The standard InChI is InChI=1S/C9H16N4O2/c1-7(14)4-10-2-3-12-9(15)8-5-11-6-13-8/h5-7,10,14H,2-4H2,1H3,(H,11,13)(H,12,15). The highest BCUT2D eigenvalue weighted by molar-refractivity contribution is 5.91. The minimum atomic E-state index is -0.367. The number of hydrogen-bond acceptors (Lipinski definition) is 4. The number of amides is 1. The Labute approximate surface area is 88.1 Å². The van der Waals surface area contributed by atoms with Crippen molar-refractivity contribution in [3.05, 3.63) is 18.2 Å². The molecule has 1 atom stereocenters. The van der Waals surface area contributed by atoms with Crippen LogP contribution in [0.2, 0.25) is 0 Å². The first-order valence-electron chi connectivity index (χ1n) is 4.85. The summed E-state index contributed by atoms with van der Waals surface area (Å²) in [5, 5.41) is 14.6. The predicted molar refractivity (Wildman–Crippen MR) is 55.5 cm³/mol. The van der Waals surface area contributed by atoms with E-state index in [-0.39, 0.29) is 12.0 Å². The molecule has 1 aromatic rings. The molecule has 0 aromatic carbocycles. The number of nitrogens with one attached hydrogen (secondary N) is 3. The maximum absolute atomic E-state index is 11.3. The number of aromatic amines is 1. The zero-order valence-corrected chi connectivity index (χ0v) is 8.66. The highest BCUT2D eigenvalue weighted by Crippen LogP contribution is 1.88. The van der Waals surface area contributed by atoms with Gasteiger partial charge in [0.15, 0.2) is 0 Å². The molecule has 1 unspecified atom stereocenters. The van der Waals surface area contributed by atoms with Gasteiger partial charge in [0.25, 0.3) is 5.91 Å². The number of H-pyrrole nitrogens is 1. The van der Waals surface area contributed by atoms with Crippen molar-refractivity contribution in [3.8, 4) is 0 Å². The van der Waals surface area contributed by atoms with Crippen LogP contribution in [-0.2, 0) is 0 Å². The fraction of sp³-hybridized carbons (Fsp3) is 0.556. The van der Waals surface area contributed by atoms with Crippen molar-refractivity contribution in [3.63, 3.8) is 0 Å².